The van der Waals surface area contributed by atoms with Crippen molar-refractivity contribution in [2.45, 2.75) is 51.0 Å². The molecule has 1 aromatic rings. The minimum Gasteiger partial charge on any atom is -0.392 e. The molecule has 5 nitrogen and oxygen atoms in total. The van der Waals surface area contributed by atoms with Crippen molar-refractivity contribution in [3.05, 3.63) is 34.9 Å². The van der Waals surface area contributed by atoms with Crippen LogP contribution in [0.4, 0.5) is 0 Å². The topological polar surface area (TPSA) is 69.8 Å². The molecule has 0 bridgehead atoms. The molecular formula is C18H27N3O2. The molecule has 5 heteroatoms. The fourth-order valence-electron chi connectivity index (χ4n) is 3.79. The van der Waals surface area contributed by atoms with Crippen LogP contribution in [0.5, 0.6) is 0 Å². The third-order valence-electron chi connectivity index (χ3n) is 5.16. The van der Waals surface area contributed by atoms with Gasteiger partial charge in [-0.1, -0.05) is 18.2 Å². The van der Waals surface area contributed by atoms with Crippen LogP contribution in [-0.4, -0.2) is 47.1 Å². The summed E-state index contributed by atoms with van der Waals surface area (Å²) in [6, 6.07) is 6.25. The smallest absolute Gasteiger partial charge is 0.225 e. The van der Waals surface area contributed by atoms with Crippen molar-refractivity contribution in [3.8, 4) is 0 Å². The fourth-order valence-corrected chi connectivity index (χ4v) is 3.79. The summed E-state index contributed by atoms with van der Waals surface area (Å²) in [5.74, 6) is 0.0870. The molecule has 0 unspecified atom stereocenters. The molecule has 3 N–H and O–H groups in total. The van der Waals surface area contributed by atoms with Crippen LogP contribution in [0.1, 0.15) is 36.0 Å². The molecule has 0 aromatic heterocycles. The van der Waals surface area contributed by atoms with Gasteiger partial charge in [0, 0.05) is 38.6 Å². The summed E-state index contributed by atoms with van der Waals surface area (Å²) in [4.78, 5) is 16.7. The highest BCUT2D eigenvalue weighted by Crippen LogP contribution is 2.26. The van der Waals surface area contributed by atoms with Crippen molar-refractivity contribution in [1.82, 2.24) is 9.80 Å². The fraction of sp³-hybridized carbons (Fsp3) is 0.611. The van der Waals surface area contributed by atoms with Gasteiger partial charge in [0.05, 0.1) is 6.10 Å². The van der Waals surface area contributed by atoms with Crippen LogP contribution in [-0.2, 0) is 24.4 Å². The second-order valence-electron chi connectivity index (χ2n) is 7.21. The van der Waals surface area contributed by atoms with Gasteiger partial charge in [0.25, 0.3) is 0 Å². The van der Waals surface area contributed by atoms with E-state index in [9.17, 15) is 9.90 Å². The molecule has 1 saturated carbocycles. The van der Waals surface area contributed by atoms with Crippen LogP contribution in [0, 0.1) is 5.92 Å². The van der Waals surface area contributed by atoms with E-state index in [2.05, 4.69) is 30.1 Å². The van der Waals surface area contributed by atoms with Gasteiger partial charge in [-0.2, -0.15) is 0 Å². The molecule has 23 heavy (non-hydrogen) atoms. The van der Waals surface area contributed by atoms with Gasteiger partial charge < -0.3 is 15.7 Å². The zero-order chi connectivity index (χ0) is 16.6. The van der Waals surface area contributed by atoms with Crippen molar-refractivity contribution in [3.63, 3.8) is 0 Å². The summed E-state index contributed by atoms with van der Waals surface area (Å²) >= 11 is 0. The maximum atomic E-state index is 12.6. The Hall–Kier alpha value is -1.43. The number of aliphatic hydroxyl groups excluding tert-OH is 1. The number of carbonyl (C=O) groups is 1. The van der Waals surface area contributed by atoms with E-state index in [0.717, 1.165) is 19.5 Å². The van der Waals surface area contributed by atoms with E-state index in [4.69, 9.17) is 5.73 Å². The first-order valence-corrected chi connectivity index (χ1v) is 8.42. The molecule has 0 spiro atoms. The summed E-state index contributed by atoms with van der Waals surface area (Å²) in [6.45, 7) is 2.62. The number of hydrogen-bond donors (Lipinski definition) is 2. The number of aliphatic hydroxyl groups is 1. The SMILES string of the molecule is CN1Cc2ccc(CN(C)C(=O)[C@H]3CC[C@@H](O)[C@H](N)C3)cc2C1. The molecule has 3 atom stereocenters. The van der Waals surface area contributed by atoms with Crippen molar-refractivity contribution in [2.75, 3.05) is 14.1 Å². The van der Waals surface area contributed by atoms with Gasteiger partial charge in [-0.25, -0.2) is 0 Å². The second kappa shape index (κ2) is 6.59. The zero-order valence-corrected chi connectivity index (χ0v) is 14.0. The number of benzene rings is 1. The van der Waals surface area contributed by atoms with Crippen LogP contribution < -0.4 is 5.73 Å². The first kappa shape index (κ1) is 16.4. The van der Waals surface area contributed by atoms with E-state index in [1.54, 1.807) is 4.90 Å². The van der Waals surface area contributed by atoms with Gasteiger partial charge in [0.2, 0.25) is 5.91 Å². The zero-order valence-electron chi connectivity index (χ0n) is 14.0. The van der Waals surface area contributed by atoms with E-state index in [-0.39, 0.29) is 17.9 Å². The molecule has 2 aliphatic rings. The van der Waals surface area contributed by atoms with Crippen molar-refractivity contribution in [1.29, 1.82) is 0 Å². The molecular weight excluding hydrogens is 290 g/mol. The van der Waals surface area contributed by atoms with Crippen molar-refractivity contribution in [2.24, 2.45) is 11.7 Å². The lowest BCUT2D eigenvalue weighted by Crippen LogP contribution is -2.45. The molecule has 1 aliphatic heterocycles. The highest BCUT2D eigenvalue weighted by atomic mass is 16.3. The average molecular weight is 317 g/mol. The summed E-state index contributed by atoms with van der Waals surface area (Å²) < 4.78 is 0. The van der Waals surface area contributed by atoms with Crippen LogP contribution in [0.3, 0.4) is 0 Å². The molecule has 1 aliphatic carbocycles. The number of fused-ring (bicyclic) bond motifs is 1. The maximum absolute atomic E-state index is 12.6. The maximum Gasteiger partial charge on any atom is 0.225 e. The molecule has 0 radical (unpaired) electrons. The first-order chi connectivity index (χ1) is 10.9. The monoisotopic (exact) mass is 317 g/mol. The highest BCUT2D eigenvalue weighted by molar-refractivity contribution is 5.78. The molecule has 126 valence electrons. The van der Waals surface area contributed by atoms with E-state index in [0.29, 0.717) is 19.4 Å². The highest BCUT2D eigenvalue weighted by Gasteiger charge is 2.32. The van der Waals surface area contributed by atoms with Crippen LogP contribution in [0.2, 0.25) is 0 Å². The van der Waals surface area contributed by atoms with Crippen LogP contribution in [0.15, 0.2) is 18.2 Å². The Balaban J connectivity index is 1.62. The standard InChI is InChI=1S/C18H27N3O2/c1-20-10-14-4-3-12(7-15(14)11-20)9-21(2)18(23)13-5-6-17(22)16(19)8-13/h3-4,7,13,16-17,22H,5-6,8-11,19H2,1-2H3/t13-,16+,17+/m0/s1. The number of amides is 1. The third kappa shape index (κ3) is 3.57. The average Bonchev–Trinajstić information content (AvgIpc) is 2.88. The Labute approximate surface area is 138 Å². The Morgan fingerprint density at radius 2 is 2.09 bits per heavy atom. The van der Waals surface area contributed by atoms with Gasteiger partial charge in [-0.15, -0.1) is 0 Å². The van der Waals surface area contributed by atoms with E-state index < -0.39 is 6.10 Å². The minimum absolute atomic E-state index is 0.0565. The number of rotatable bonds is 3. The number of carbonyl (C=O) groups excluding carboxylic acids is 1. The normalized spacial score (nSPS) is 27.7. The Bertz CT molecular complexity index is 590. The van der Waals surface area contributed by atoms with E-state index in [1.807, 2.05) is 7.05 Å². The third-order valence-corrected chi connectivity index (χ3v) is 5.16. The van der Waals surface area contributed by atoms with Crippen LogP contribution >= 0.6 is 0 Å². The predicted molar refractivity (Wildman–Crippen MR) is 89.4 cm³/mol. The van der Waals surface area contributed by atoms with Gasteiger partial charge in [-0.3, -0.25) is 9.69 Å². The summed E-state index contributed by atoms with van der Waals surface area (Å²) in [5, 5.41) is 9.71. The van der Waals surface area contributed by atoms with Gasteiger partial charge in [-0.05, 0) is 43.0 Å². The Kier molecular flexibility index (Phi) is 4.71. The molecule has 0 saturated heterocycles. The first-order valence-electron chi connectivity index (χ1n) is 8.42. The van der Waals surface area contributed by atoms with Gasteiger partial charge >= 0.3 is 0 Å². The molecule has 3 rings (SSSR count). The quantitative estimate of drug-likeness (QED) is 0.875. The lowest BCUT2D eigenvalue weighted by molar-refractivity contribution is -0.136. The predicted octanol–water partition coefficient (Wildman–Crippen LogP) is 1.08. The summed E-state index contributed by atoms with van der Waals surface area (Å²) in [7, 11) is 3.98. The number of nitrogens with zero attached hydrogens (tertiary/aromatic N) is 2. The summed E-state index contributed by atoms with van der Waals surface area (Å²) in [6.07, 6.45) is 1.47. The number of hydrogen-bond acceptors (Lipinski definition) is 4. The lowest BCUT2D eigenvalue weighted by Gasteiger charge is -2.32. The largest absolute Gasteiger partial charge is 0.392 e. The molecule has 1 aromatic carbocycles. The second-order valence-corrected chi connectivity index (χ2v) is 7.21. The Morgan fingerprint density at radius 1 is 1.35 bits per heavy atom. The van der Waals surface area contributed by atoms with E-state index >= 15 is 0 Å². The molecule has 1 amide bonds. The summed E-state index contributed by atoms with van der Waals surface area (Å²) in [5.41, 5.74) is 9.84. The molecule has 1 fully saturated rings. The van der Waals surface area contributed by atoms with Crippen LogP contribution in [0.25, 0.3) is 0 Å². The lowest BCUT2D eigenvalue weighted by atomic mass is 9.83. The van der Waals surface area contributed by atoms with Gasteiger partial charge in [0.15, 0.2) is 0 Å². The Morgan fingerprint density at radius 3 is 2.83 bits per heavy atom. The number of nitrogens with two attached hydrogens (primary N) is 1. The molecule has 1 heterocycles. The minimum atomic E-state index is -0.460. The van der Waals surface area contributed by atoms with Gasteiger partial charge in [0.1, 0.15) is 0 Å². The van der Waals surface area contributed by atoms with Crippen molar-refractivity contribution >= 4 is 5.91 Å². The van der Waals surface area contributed by atoms with E-state index in [1.165, 1.54) is 16.7 Å². The van der Waals surface area contributed by atoms with Crippen molar-refractivity contribution < 1.29 is 9.90 Å².